The summed E-state index contributed by atoms with van der Waals surface area (Å²) in [7, 11) is 0. The zero-order valence-electron chi connectivity index (χ0n) is 10.7. The van der Waals surface area contributed by atoms with Crippen LogP contribution in [0.5, 0.6) is 0 Å². The average molecular weight is 272 g/mol. The minimum Gasteiger partial charge on any atom is -0.390 e. The van der Waals surface area contributed by atoms with Crippen molar-refractivity contribution in [2.75, 3.05) is 18.5 Å². The molecule has 0 radical (unpaired) electrons. The van der Waals surface area contributed by atoms with Gasteiger partial charge in [0.2, 0.25) is 0 Å². The summed E-state index contributed by atoms with van der Waals surface area (Å²) >= 11 is 5.88. The molecule has 1 aromatic carbocycles. The monoisotopic (exact) mass is 271 g/mol. The predicted molar refractivity (Wildman–Crippen MR) is 72.8 cm³/mol. The van der Waals surface area contributed by atoms with E-state index >= 15 is 0 Å². The molecular weight excluding hydrogens is 252 g/mol. The van der Waals surface area contributed by atoms with Crippen LogP contribution in [-0.2, 0) is 4.79 Å². The maximum atomic E-state index is 11.7. The number of quaternary nitrogens is 1. The number of benzene rings is 1. The smallest absolute Gasteiger partial charge is 0.279 e. The van der Waals surface area contributed by atoms with Crippen LogP contribution >= 0.6 is 11.6 Å². The first-order chi connectivity index (χ1) is 8.56. The third-order valence-electron chi connectivity index (χ3n) is 2.87. The molecule has 0 saturated heterocycles. The van der Waals surface area contributed by atoms with Crippen LogP contribution in [0.25, 0.3) is 0 Å². The molecule has 0 aromatic heterocycles. The lowest BCUT2D eigenvalue weighted by atomic mass is 10.2. The van der Waals surface area contributed by atoms with Crippen LogP contribution in [0, 0.1) is 6.92 Å². The Morgan fingerprint density at radius 3 is 2.89 bits per heavy atom. The van der Waals surface area contributed by atoms with E-state index in [1.165, 1.54) is 0 Å². The molecule has 1 atom stereocenters. The van der Waals surface area contributed by atoms with Gasteiger partial charge in [-0.1, -0.05) is 24.6 Å². The average Bonchev–Trinajstić information content (AvgIpc) is 2.35. The highest BCUT2D eigenvalue weighted by atomic mass is 35.5. The van der Waals surface area contributed by atoms with Crippen LogP contribution in [0.15, 0.2) is 18.2 Å². The number of hydrogen-bond acceptors (Lipinski definition) is 2. The summed E-state index contributed by atoms with van der Waals surface area (Å²) in [6, 6.07) is 5.47. The number of aryl methyl sites for hydroxylation is 1. The van der Waals surface area contributed by atoms with Gasteiger partial charge in [0.1, 0.15) is 6.04 Å². The standard InChI is InChI=1S/C13H19ClN2O2/c1-3-11(8-17)15-7-13(18)16-12-6-10(14)5-4-9(12)2/h4-6,11,15,17H,3,7-8H2,1-2H3,(H,16,18)/p+1/t11-/m0/s1. The Labute approximate surface area is 112 Å². The predicted octanol–water partition coefficient (Wildman–Crippen LogP) is 0.921. The Bertz CT molecular complexity index is 406. The maximum absolute atomic E-state index is 11.7. The van der Waals surface area contributed by atoms with Crippen LogP contribution in [0.3, 0.4) is 0 Å². The molecule has 1 rings (SSSR count). The first-order valence-corrected chi connectivity index (χ1v) is 6.44. The van der Waals surface area contributed by atoms with Crippen LogP contribution in [0.2, 0.25) is 5.02 Å². The van der Waals surface area contributed by atoms with E-state index in [0.717, 1.165) is 17.7 Å². The van der Waals surface area contributed by atoms with E-state index in [9.17, 15) is 4.79 Å². The van der Waals surface area contributed by atoms with Gasteiger partial charge < -0.3 is 15.7 Å². The molecule has 100 valence electrons. The first-order valence-electron chi connectivity index (χ1n) is 6.07. The summed E-state index contributed by atoms with van der Waals surface area (Å²) in [6.45, 7) is 4.28. The van der Waals surface area contributed by atoms with Gasteiger partial charge in [-0.15, -0.1) is 0 Å². The van der Waals surface area contributed by atoms with Gasteiger partial charge in [0.15, 0.2) is 6.54 Å². The molecule has 18 heavy (non-hydrogen) atoms. The summed E-state index contributed by atoms with van der Waals surface area (Å²) in [6.07, 6.45) is 0.833. The molecule has 0 spiro atoms. The van der Waals surface area contributed by atoms with Crippen LogP contribution < -0.4 is 10.6 Å². The molecule has 1 amide bonds. The molecule has 0 aliphatic heterocycles. The van der Waals surface area contributed by atoms with Crippen molar-refractivity contribution in [3.05, 3.63) is 28.8 Å². The van der Waals surface area contributed by atoms with Crippen molar-refractivity contribution in [3.8, 4) is 0 Å². The molecule has 0 heterocycles. The largest absolute Gasteiger partial charge is 0.390 e. The summed E-state index contributed by atoms with van der Waals surface area (Å²) in [5.41, 5.74) is 1.71. The molecule has 1 aromatic rings. The minimum atomic E-state index is -0.0905. The SMILES string of the molecule is CC[C@@H](CO)[NH2+]CC(=O)Nc1cc(Cl)ccc1C. The zero-order chi connectivity index (χ0) is 13.5. The van der Waals surface area contributed by atoms with Crippen molar-refractivity contribution in [2.24, 2.45) is 0 Å². The number of halogens is 1. The van der Waals surface area contributed by atoms with E-state index in [1.54, 1.807) is 12.1 Å². The lowest BCUT2D eigenvalue weighted by Crippen LogP contribution is -2.92. The van der Waals surface area contributed by atoms with E-state index in [1.807, 2.05) is 25.2 Å². The summed E-state index contributed by atoms with van der Waals surface area (Å²) in [5, 5.41) is 14.3. The Hall–Kier alpha value is -1.10. The quantitative estimate of drug-likeness (QED) is 0.720. The van der Waals surface area contributed by atoms with Crippen molar-refractivity contribution in [2.45, 2.75) is 26.3 Å². The van der Waals surface area contributed by atoms with E-state index in [0.29, 0.717) is 11.6 Å². The Morgan fingerprint density at radius 2 is 2.28 bits per heavy atom. The van der Waals surface area contributed by atoms with Crippen LogP contribution in [-0.4, -0.2) is 30.2 Å². The van der Waals surface area contributed by atoms with Gasteiger partial charge in [0.05, 0.1) is 6.61 Å². The number of nitrogens with two attached hydrogens (primary N) is 1. The number of rotatable bonds is 6. The second kappa shape index (κ2) is 7.36. The third-order valence-corrected chi connectivity index (χ3v) is 3.10. The van der Waals surface area contributed by atoms with Crippen LogP contribution in [0.1, 0.15) is 18.9 Å². The van der Waals surface area contributed by atoms with Gasteiger partial charge in [-0.3, -0.25) is 4.79 Å². The molecule has 0 bridgehead atoms. The lowest BCUT2D eigenvalue weighted by Gasteiger charge is -2.11. The highest BCUT2D eigenvalue weighted by Crippen LogP contribution is 2.19. The number of carbonyl (C=O) groups excluding carboxylic acids is 1. The molecule has 0 unspecified atom stereocenters. The number of anilines is 1. The fraction of sp³-hybridized carbons (Fsp3) is 0.462. The number of carbonyl (C=O) groups is 1. The van der Waals surface area contributed by atoms with Gasteiger partial charge in [-0.2, -0.15) is 0 Å². The first kappa shape index (κ1) is 15.0. The molecule has 5 heteroatoms. The Kier molecular flexibility index (Phi) is 6.12. The number of amides is 1. The van der Waals surface area contributed by atoms with Gasteiger partial charge in [-0.05, 0) is 31.0 Å². The van der Waals surface area contributed by atoms with Gasteiger partial charge >= 0.3 is 0 Å². The summed E-state index contributed by atoms with van der Waals surface area (Å²) < 4.78 is 0. The van der Waals surface area contributed by atoms with Crippen molar-refractivity contribution < 1.29 is 15.2 Å². The Balaban J connectivity index is 2.51. The highest BCUT2D eigenvalue weighted by Gasteiger charge is 2.11. The topological polar surface area (TPSA) is 65.9 Å². The number of aliphatic hydroxyl groups excluding tert-OH is 1. The summed E-state index contributed by atoms with van der Waals surface area (Å²) in [4.78, 5) is 11.7. The lowest BCUT2D eigenvalue weighted by molar-refractivity contribution is -0.680. The van der Waals surface area contributed by atoms with Gasteiger partial charge in [0, 0.05) is 10.7 Å². The molecule has 0 aliphatic rings. The third kappa shape index (κ3) is 4.64. The van der Waals surface area contributed by atoms with Crippen molar-refractivity contribution in [1.29, 1.82) is 0 Å². The zero-order valence-corrected chi connectivity index (χ0v) is 11.5. The fourth-order valence-electron chi connectivity index (χ4n) is 1.57. The molecule has 0 fully saturated rings. The fourth-order valence-corrected chi connectivity index (χ4v) is 1.75. The molecule has 4 nitrogen and oxygen atoms in total. The second-order valence-electron chi connectivity index (χ2n) is 4.30. The van der Waals surface area contributed by atoms with Crippen molar-refractivity contribution in [3.63, 3.8) is 0 Å². The number of hydrogen-bond donors (Lipinski definition) is 3. The van der Waals surface area contributed by atoms with E-state index in [-0.39, 0.29) is 18.6 Å². The van der Waals surface area contributed by atoms with Crippen LogP contribution in [0.4, 0.5) is 5.69 Å². The molecule has 0 saturated carbocycles. The van der Waals surface area contributed by atoms with Gasteiger partial charge in [-0.25, -0.2) is 0 Å². The number of nitrogens with one attached hydrogen (secondary N) is 1. The van der Waals surface area contributed by atoms with Gasteiger partial charge in [0.25, 0.3) is 5.91 Å². The summed E-state index contributed by atoms with van der Waals surface area (Å²) in [5.74, 6) is -0.0905. The van der Waals surface area contributed by atoms with Crippen molar-refractivity contribution >= 4 is 23.2 Å². The van der Waals surface area contributed by atoms with E-state index < -0.39 is 0 Å². The molecule has 4 N–H and O–H groups in total. The van der Waals surface area contributed by atoms with Crippen molar-refractivity contribution in [1.82, 2.24) is 0 Å². The molecular formula is C13H20ClN2O2+. The second-order valence-corrected chi connectivity index (χ2v) is 4.73. The van der Waals surface area contributed by atoms with E-state index in [4.69, 9.17) is 16.7 Å². The number of aliphatic hydroxyl groups is 1. The highest BCUT2D eigenvalue weighted by molar-refractivity contribution is 6.31. The van der Waals surface area contributed by atoms with E-state index in [2.05, 4.69) is 5.32 Å². The molecule has 0 aliphatic carbocycles. The Morgan fingerprint density at radius 1 is 1.56 bits per heavy atom. The normalized spacial score (nSPS) is 12.2. The minimum absolute atomic E-state index is 0.0798. The maximum Gasteiger partial charge on any atom is 0.279 e.